The fourth-order valence-corrected chi connectivity index (χ4v) is 2.62. The Kier molecular flexibility index (Phi) is 5.57. The van der Waals surface area contributed by atoms with E-state index in [4.69, 9.17) is 0 Å². The van der Waals surface area contributed by atoms with Crippen LogP contribution in [0.4, 0.5) is 0 Å². The zero-order chi connectivity index (χ0) is 15.2. The highest BCUT2D eigenvalue weighted by Gasteiger charge is 2.16. The van der Waals surface area contributed by atoms with Crippen molar-refractivity contribution >= 4 is 0 Å². The van der Waals surface area contributed by atoms with Crippen molar-refractivity contribution in [3.8, 4) is 0 Å². The second kappa shape index (κ2) is 7.41. The molecule has 1 heterocycles. The van der Waals surface area contributed by atoms with Gasteiger partial charge in [0.15, 0.2) is 0 Å². The van der Waals surface area contributed by atoms with Crippen molar-refractivity contribution < 1.29 is 0 Å². The van der Waals surface area contributed by atoms with Gasteiger partial charge in [-0.1, -0.05) is 38.1 Å². The quantitative estimate of drug-likeness (QED) is 0.843. The van der Waals surface area contributed by atoms with Gasteiger partial charge in [0.2, 0.25) is 0 Å². The van der Waals surface area contributed by atoms with Crippen LogP contribution in [0.15, 0.2) is 30.5 Å². The second-order valence-corrected chi connectivity index (χ2v) is 5.69. The van der Waals surface area contributed by atoms with Crippen LogP contribution in [-0.2, 0) is 19.9 Å². The lowest BCUT2D eigenvalue weighted by molar-refractivity contribution is 0.526. The molecule has 0 amide bonds. The Labute approximate surface area is 128 Å². The van der Waals surface area contributed by atoms with Crippen LogP contribution in [0.25, 0.3) is 0 Å². The van der Waals surface area contributed by atoms with Gasteiger partial charge in [-0.15, -0.1) is 0 Å². The Morgan fingerprint density at radius 2 is 1.81 bits per heavy atom. The standard InChI is InChI=1S/C18H27N3/c1-5-11-19-18(17-13-20-21(4)14(17)3)12-16-9-7-15(6-2)8-10-16/h7-10,13,18-19H,5-6,11-12H2,1-4H3. The molecule has 1 aromatic carbocycles. The molecule has 3 nitrogen and oxygen atoms in total. The van der Waals surface area contributed by atoms with E-state index in [1.165, 1.54) is 22.4 Å². The minimum Gasteiger partial charge on any atom is -0.310 e. The summed E-state index contributed by atoms with van der Waals surface area (Å²) in [6.07, 6.45) is 5.25. The number of nitrogens with zero attached hydrogens (tertiary/aromatic N) is 2. The first-order valence-corrected chi connectivity index (χ1v) is 7.95. The third kappa shape index (κ3) is 3.94. The number of aryl methyl sites for hydroxylation is 2. The lowest BCUT2D eigenvalue weighted by atomic mass is 9.98. The summed E-state index contributed by atoms with van der Waals surface area (Å²) < 4.78 is 1.95. The minimum atomic E-state index is 0.339. The number of benzene rings is 1. The normalized spacial score (nSPS) is 12.6. The van der Waals surface area contributed by atoms with Crippen molar-refractivity contribution in [1.29, 1.82) is 0 Å². The predicted molar refractivity (Wildman–Crippen MR) is 88.5 cm³/mol. The van der Waals surface area contributed by atoms with Gasteiger partial charge in [-0.25, -0.2) is 0 Å². The SMILES string of the molecule is CCCNC(Cc1ccc(CC)cc1)c1cnn(C)c1C. The summed E-state index contributed by atoms with van der Waals surface area (Å²) >= 11 is 0. The van der Waals surface area contributed by atoms with Crippen LogP contribution in [0.1, 0.15) is 48.7 Å². The molecule has 0 bridgehead atoms. The summed E-state index contributed by atoms with van der Waals surface area (Å²) in [5.74, 6) is 0. The summed E-state index contributed by atoms with van der Waals surface area (Å²) in [5, 5.41) is 8.05. The third-order valence-electron chi connectivity index (χ3n) is 4.16. The van der Waals surface area contributed by atoms with Crippen LogP contribution < -0.4 is 5.32 Å². The molecular weight excluding hydrogens is 258 g/mol. The maximum atomic E-state index is 4.39. The first kappa shape index (κ1) is 15.8. The van der Waals surface area contributed by atoms with E-state index in [-0.39, 0.29) is 0 Å². The molecule has 1 aromatic heterocycles. The molecule has 0 saturated carbocycles. The van der Waals surface area contributed by atoms with E-state index in [2.05, 4.69) is 55.5 Å². The molecule has 0 spiro atoms. The van der Waals surface area contributed by atoms with Gasteiger partial charge in [0, 0.05) is 24.3 Å². The van der Waals surface area contributed by atoms with Crippen LogP contribution in [-0.4, -0.2) is 16.3 Å². The maximum Gasteiger partial charge on any atom is 0.0540 e. The van der Waals surface area contributed by atoms with Crippen LogP contribution in [0.2, 0.25) is 0 Å². The summed E-state index contributed by atoms with van der Waals surface area (Å²) in [6.45, 7) is 7.57. The number of nitrogens with one attached hydrogen (secondary N) is 1. The fraction of sp³-hybridized carbons (Fsp3) is 0.500. The largest absolute Gasteiger partial charge is 0.310 e. The summed E-state index contributed by atoms with van der Waals surface area (Å²) in [5.41, 5.74) is 5.33. The van der Waals surface area contributed by atoms with E-state index in [0.717, 1.165) is 25.8 Å². The number of hydrogen-bond donors (Lipinski definition) is 1. The number of aromatic nitrogens is 2. The minimum absolute atomic E-state index is 0.339. The molecule has 0 aliphatic heterocycles. The Balaban J connectivity index is 2.17. The molecule has 21 heavy (non-hydrogen) atoms. The Morgan fingerprint density at radius 1 is 1.14 bits per heavy atom. The Hall–Kier alpha value is -1.61. The summed E-state index contributed by atoms with van der Waals surface area (Å²) in [4.78, 5) is 0. The van der Waals surface area contributed by atoms with Crippen molar-refractivity contribution in [2.75, 3.05) is 6.54 Å². The zero-order valence-corrected chi connectivity index (χ0v) is 13.7. The second-order valence-electron chi connectivity index (χ2n) is 5.69. The molecule has 114 valence electrons. The molecule has 0 saturated heterocycles. The average Bonchev–Trinajstić information content (AvgIpc) is 2.84. The van der Waals surface area contributed by atoms with Crippen LogP contribution in [0.5, 0.6) is 0 Å². The molecule has 0 radical (unpaired) electrons. The van der Waals surface area contributed by atoms with E-state index in [1.807, 2.05) is 17.9 Å². The Morgan fingerprint density at radius 3 is 2.33 bits per heavy atom. The maximum absolute atomic E-state index is 4.39. The lowest BCUT2D eigenvalue weighted by Gasteiger charge is -2.19. The molecule has 0 aliphatic rings. The van der Waals surface area contributed by atoms with Crippen molar-refractivity contribution in [1.82, 2.24) is 15.1 Å². The van der Waals surface area contributed by atoms with E-state index < -0.39 is 0 Å². The van der Waals surface area contributed by atoms with Crippen LogP contribution in [0.3, 0.4) is 0 Å². The molecule has 2 rings (SSSR count). The van der Waals surface area contributed by atoms with Crippen molar-refractivity contribution in [2.45, 2.75) is 46.1 Å². The lowest BCUT2D eigenvalue weighted by Crippen LogP contribution is -2.24. The van der Waals surface area contributed by atoms with E-state index in [1.54, 1.807) is 0 Å². The summed E-state index contributed by atoms with van der Waals surface area (Å²) in [7, 11) is 2.01. The average molecular weight is 285 g/mol. The smallest absolute Gasteiger partial charge is 0.0540 e. The molecule has 0 fully saturated rings. The van der Waals surface area contributed by atoms with Gasteiger partial charge in [0.1, 0.15) is 0 Å². The highest BCUT2D eigenvalue weighted by atomic mass is 15.3. The first-order chi connectivity index (χ1) is 10.2. The van der Waals surface area contributed by atoms with Gasteiger partial charge >= 0.3 is 0 Å². The molecule has 1 unspecified atom stereocenters. The molecule has 0 aliphatic carbocycles. The zero-order valence-electron chi connectivity index (χ0n) is 13.7. The molecule has 1 atom stereocenters. The Bertz CT molecular complexity index is 554. The highest BCUT2D eigenvalue weighted by molar-refractivity contribution is 5.27. The van der Waals surface area contributed by atoms with Gasteiger partial charge in [-0.2, -0.15) is 5.10 Å². The fourth-order valence-electron chi connectivity index (χ4n) is 2.62. The van der Waals surface area contributed by atoms with Gasteiger partial charge in [0.05, 0.1) is 6.20 Å². The topological polar surface area (TPSA) is 29.9 Å². The molecule has 3 heteroatoms. The van der Waals surface area contributed by atoms with Crippen molar-refractivity contribution in [3.63, 3.8) is 0 Å². The van der Waals surface area contributed by atoms with E-state index >= 15 is 0 Å². The predicted octanol–water partition coefficient (Wildman–Crippen LogP) is 3.57. The van der Waals surface area contributed by atoms with Crippen LogP contribution in [0, 0.1) is 6.92 Å². The number of rotatable bonds is 7. The highest BCUT2D eigenvalue weighted by Crippen LogP contribution is 2.21. The van der Waals surface area contributed by atoms with Gasteiger partial charge < -0.3 is 5.32 Å². The number of hydrogen-bond acceptors (Lipinski definition) is 2. The molecule has 2 aromatic rings. The molecular formula is C18H27N3. The monoisotopic (exact) mass is 285 g/mol. The van der Waals surface area contributed by atoms with Gasteiger partial charge in [0.25, 0.3) is 0 Å². The van der Waals surface area contributed by atoms with E-state index in [9.17, 15) is 0 Å². The van der Waals surface area contributed by atoms with E-state index in [0.29, 0.717) is 6.04 Å². The van der Waals surface area contributed by atoms with Crippen LogP contribution >= 0.6 is 0 Å². The molecule has 1 N–H and O–H groups in total. The summed E-state index contributed by atoms with van der Waals surface area (Å²) in [6, 6.07) is 9.33. The van der Waals surface area contributed by atoms with Gasteiger partial charge in [-0.3, -0.25) is 4.68 Å². The van der Waals surface area contributed by atoms with Gasteiger partial charge in [-0.05, 0) is 43.9 Å². The first-order valence-electron chi connectivity index (χ1n) is 7.95. The van der Waals surface area contributed by atoms with Crippen molar-refractivity contribution in [3.05, 3.63) is 52.8 Å². The third-order valence-corrected chi connectivity index (χ3v) is 4.16. The van der Waals surface area contributed by atoms with Crippen molar-refractivity contribution in [2.24, 2.45) is 7.05 Å².